The molecule has 0 aliphatic heterocycles. The van der Waals surface area contributed by atoms with E-state index in [0.29, 0.717) is 21.5 Å². The maximum Gasteiger partial charge on any atom is 0.342 e. The van der Waals surface area contributed by atoms with Gasteiger partial charge in [0.15, 0.2) is 0 Å². The highest BCUT2D eigenvalue weighted by molar-refractivity contribution is 9.10. The number of nitrogens with zero attached hydrogens (tertiary/aromatic N) is 2. The summed E-state index contributed by atoms with van der Waals surface area (Å²) < 4.78 is 24.3. The van der Waals surface area contributed by atoms with Crippen molar-refractivity contribution in [3.05, 3.63) is 56.8 Å². The van der Waals surface area contributed by atoms with Crippen molar-refractivity contribution in [2.24, 2.45) is 4.99 Å². The molecule has 0 unspecified atom stereocenters. The molecule has 144 valence electrons. The van der Waals surface area contributed by atoms with E-state index in [1.165, 1.54) is 25.3 Å². The molecule has 0 N–H and O–H groups in total. The molecule has 5 nitrogen and oxygen atoms in total. The number of carbonyl (C=O) groups is 1. The molecule has 0 amide bonds. The molecule has 0 fully saturated rings. The van der Waals surface area contributed by atoms with Crippen LogP contribution in [0.5, 0.6) is 5.75 Å². The Bertz CT molecular complexity index is 861. The van der Waals surface area contributed by atoms with Crippen molar-refractivity contribution < 1.29 is 18.7 Å². The summed E-state index contributed by atoms with van der Waals surface area (Å²) in [6.45, 7) is 2.74. The van der Waals surface area contributed by atoms with Gasteiger partial charge in [-0.05, 0) is 41.1 Å². The van der Waals surface area contributed by atoms with Gasteiger partial charge in [-0.1, -0.05) is 17.7 Å². The quantitative estimate of drug-likeness (QED) is 0.325. The van der Waals surface area contributed by atoms with Gasteiger partial charge in [-0.15, -0.1) is 0 Å². The number of hydrogen-bond acceptors (Lipinski definition) is 4. The van der Waals surface area contributed by atoms with Gasteiger partial charge >= 0.3 is 5.97 Å². The summed E-state index contributed by atoms with van der Waals surface area (Å²) in [5.74, 6) is -0.709. The van der Waals surface area contributed by atoms with Gasteiger partial charge in [0.25, 0.3) is 0 Å². The lowest BCUT2D eigenvalue weighted by Crippen LogP contribution is -2.14. The van der Waals surface area contributed by atoms with Crippen LogP contribution in [0.4, 0.5) is 10.1 Å². The summed E-state index contributed by atoms with van der Waals surface area (Å²) in [4.78, 5) is 18.7. The van der Waals surface area contributed by atoms with E-state index in [-0.39, 0.29) is 17.2 Å². The molecular formula is C19H19BrClFN2O3. The highest BCUT2D eigenvalue weighted by Crippen LogP contribution is 2.33. The van der Waals surface area contributed by atoms with Gasteiger partial charge < -0.3 is 14.4 Å². The second-order valence-electron chi connectivity index (χ2n) is 5.63. The normalized spacial score (nSPS) is 10.9. The number of halogens is 3. The van der Waals surface area contributed by atoms with Crippen molar-refractivity contribution >= 4 is 45.5 Å². The van der Waals surface area contributed by atoms with E-state index in [1.54, 1.807) is 18.5 Å². The molecule has 8 heteroatoms. The van der Waals surface area contributed by atoms with Gasteiger partial charge in [0, 0.05) is 29.7 Å². The zero-order valence-electron chi connectivity index (χ0n) is 15.1. The predicted octanol–water partition coefficient (Wildman–Crippen LogP) is 5.22. The van der Waals surface area contributed by atoms with Crippen LogP contribution in [-0.2, 0) is 11.3 Å². The van der Waals surface area contributed by atoms with Crippen molar-refractivity contribution in [3.8, 4) is 5.75 Å². The smallest absolute Gasteiger partial charge is 0.342 e. The molecule has 0 atom stereocenters. The van der Waals surface area contributed by atoms with Gasteiger partial charge in [0.05, 0.1) is 24.2 Å². The monoisotopic (exact) mass is 456 g/mol. The molecule has 0 bridgehead atoms. The molecule has 2 aromatic carbocycles. The van der Waals surface area contributed by atoms with Crippen LogP contribution >= 0.6 is 27.5 Å². The van der Waals surface area contributed by atoms with Gasteiger partial charge in [0.1, 0.15) is 23.7 Å². The molecule has 0 aliphatic carbocycles. The molecule has 0 heterocycles. The fourth-order valence-electron chi connectivity index (χ4n) is 2.07. The lowest BCUT2D eigenvalue weighted by molar-refractivity contribution is 0.0469. The van der Waals surface area contributed by atoms with Crippen molar-refractivity contribution in [2.75, 3.05) is 20.7 Å². The summed E-state index contributed by atoms with van der Waals surface area (Å²) >= 11 is 9.36. The minimum Gasteiger partial charge on any atom is -0.496 e. The first-order valence-corrected chi connectivity index (χ1v) is 9.25. The topological polar surface area (TPSA) is 51.1 Å². The third-order valence-corrected chi connectivity index (χ3v) is 4.74. The molecule has 0 radical (unpaired) electrons. The highest BCUT2D eigenvalue weighted by atomic mass is 79.9. The van der Waals surface area contributed by atoms with Gasteiger partial charge in [-0.3, -0.25) is 0 Å². The SMILES string of the molecule is CCN(C)C=Nc1cc(OC)c(C(=O)OCc2ccc(F)cc2Cl)cc1Br. The zero-order chi connectivity index (χ0) is 20.0. The zero-order valence-corrected chi connectivity index (χ0v) is 17.5. The summed E-state index contributed by atoms with van der Waals surface area (Å²) in [7, 11) is 3.36. The maximum atomic E-state index is 13.1. The Morgan fingerprint density at radius 2 is 2.11 bits per heavy atom. The number of rotatable bonds is 7. The maximum absolute atomic E-state index is 13.1. The van der Waals surface area contributed by atoms with Crippen LogP contribution < -0.4 is 4.74 Å². The summed E-state index contributed by atoms with van der Waals surface area (Å²) in [6.07, 6.45) is 1.69. The van der Waals surface area contributed by atoms with E-state index in [2.05, 4.69) is 20.9 Å². The van der Waals surface area contributed by atoms with E-state index in [0.717, 1.165) is 6.54 Å². The highest BCUT2D eigenvalue weighted by Gasteiger charge is 2.17. The van der Waals surface area contributed by atoms with Crippen LogP contribution in [0.2, 0.25) is 5.02 Å². The lowest BCUT2D eigenvalue weighted by Gasteiger charge is -2.12. The van der Waals surface area contributed by atoms with Crippen LogP contribution in [0.25, 0.3) is 0 Å². The van der Waals surface area contributed by atoms with Crippen LogP contribution in [0.1, 0.15) is 22.8 Å². The molecule has 0 saturated heterocycles. The third kappa shape index (κ3) is 5.68. The number of carbonyl (C=O) groups excluding carboxylic acids is 1. The first-order chi connectivity index (χ1) is 12.8. The Labute approximate surface area is 170 Å². The number of ether oxygens (including phenoxy) is 2. The second-order valence-corrected chi connectivity index (χ2v) is 6.90. The average Bonchev–Trinajstić information content (AvgIpc) is 2.65. The Morgan fingerprint density at radius 1 is 1.37 bits per heavy atom. The van der Waals surface area contributed by atoms with E-state index >= 15 is 0 Å². The Kier molecular flexibility index (Phi) is 7.62. The average molecular weight is 458 g/mol. The number of benzene rings is 2. The minimum absolute atomic E-state index is 0.0834. The Hall–Kier alpha value is -2.12. The molecular weight excluding hydrogens is 439 g/mol. The number of esters is 1. The number of hydrogen-bond donors (Lipinski definition) is 0. The summed E-state index contributed by atoms with van der Waals surface area (Å²) in [5, 5.41) is 0.195. The van der Waals surface area contributed by atoms with Gasteiger partial charge in [-0.2, -0.15) is 0 Å². The van der Waals surface area contributed by atoms with Crippen molar-refractivity contribution in [1.82, 2.24) is 4.90 Å². The van der Waals surface area contributed by atoms with Gasteiger partial charge in [0.2, 0.25) is 0 Å². The van der Waals surface area contributed by atoms with Crippen LogP contribution in [0, 0.1) is 5.82 Å². The second kappa shape index (κ2) is 9.71. The largest absolute Gasteiger partial charge is 0.496 e. The third-order valence-electron chi connectivity index (χ3n) is 3.76. The van der Waals surface area contributed by atoms with Gasteiger partial charge in [-0.25, -0.2) is 14.2 Å². The Morgan fingerprint density at radius 3 is 2.74 bits per heavy atom. The lowest BCUT2D eigenvalue weighted by atomic mass is 10.2. The molecule has 0 spiro atoms. The van der Waals surface area contributed by atoms with Crippen molar-refractivity contribution in [1.29, 1.82) is 0 Å². The molecule has 2 rings (SSSR count). The summed E-state index contributed by atoms with van der Waals surface area (Å²) in [6, 6.07) is 7.13. The van der Waals surface area contributed by atoms with E-state index in [4.69, 9.17) is 21.1 Å². The number of methoxy groups -OCH3 is 1. The molecule has 0 aromatic heterocycles. The molecule has 0 saturated carbocycles. The molecule has 2 aromatic rings. The summed E-state index contributed by atoms with van der Waals surface area (Å²) in [5.41, 5.74) is 1.36. The van der Waals surface area contributed by atoms with Crippen molar-refractivity contribution in [3.63, 3.8) is 0 Å². The predicted molar refractivity (Wildman–Crippen MR) is 108 cm³/mol. The van der Waals surface area contributed by atoms with Crippen LogP contribution in [-0.4, -0.2) is 37.9 Å². The Balaban J connectivity index is 2.20. The first kappa shape index (κ1) is 21.2. The minimum atomic E-state index is -0.589. The molecule has 27 heavy (non-hydrogen) atoms. The fraction of sp³-hybridized carbons (Fsp3) is 0.263. The number of aliphatic imine (C=N–C) groups is 1. The van der Waals surface area contributed by atoms with Crippen LogP contribution in [0.3, 0.4) is 0 Å². The van der Waals surface area contributed by atoms with E-state index in [9.17, 15) is 9.18 Å². The fourth-order valence-corrected chi connectivity index (χ4v) is 2.74. The van der Waals surface area contributed by atoms with Crippen LogP contribution in [0.15, 0.2) is 39.8 Å². The van der Waals surface area contributed by atoms with Crippen molar-refractivity contribution in [2.45, 2.75) is 13.5 Å². The standard InChI is InChI=1S/C19H19BrClFN2O3/c1-4-24(2)11-23-17-9-18(26-3)14(8-15(17)20)19(25)27-10-12-5-6-13(22)7-16(12)21/h5-9,11H,4,10H2,1-3H3. The molecule has 0 aliphatic rings. The first-order valence-electron chi connectivity index (χ1n) is 8.08. The van der Waals surface area contributed by atoms with E-state index < -0.39 is 11.8 Å². The van der Waals surface area contributed by atoms with E-state index in [1.807, 2.05) is 18.9 Å².